The summed E-state index contributed by atoms with van der Waals surface area (Å²) in [7, 11) is 0. The van der Waals surface area contributed by atoms with Gasteiger partial charge in [0.05, 0.1) is 11.4 Å². The molecule has 0 aliphatic carbocycles. The Hall–Kier alpha value is -0.370. The Balaban J connectivity index is 3.13. The summed E-state index contributed by atoms with van der Waals surface area (Å²) in [6.07, 6.45) is 1.64. The van der Waals surface area contributed by atoms with Crippen LogP contribution in [0.4, 0.5) is 0 Å². The maximum atomic E-state index is 4.62. The van der Waals surface area contributed by atoms with Crippen LogP contribution in [0.2, 0.25) is 0 Å². The zero-order valence-electron chi connectivity index (χ0n) is 2.55. The highest BCUT2D eigenvalue weighted by atomic mass is 32.1. The number of hydrogen-bond donors (Lipinski definition) is 0. The molecule has 0 aromatic carbocycles. The molecule has 0 unspecified atom stereocenters. The molecule has 1 aromatic heterocycles. The van der Waals surface area contributed by atoms with Crippen molar-refractivity contribution in [1.29, 1.82) is 0 Å². The van der Waals surface area contributed by atoms with Gasteiger partial charge in [-0.25, -0.2) is 0 Å². The zero-order valence-corrected chi connectivity index (χ0v) is 3.37. The van der Waals surface area contributed by atoms with Crippen molar-refractivity contribution in [3.8, 4) is 0 Å². The van der Waals surface area contributed by atoms with Gasteiger partial charge < -0.3 is 0 Å². The first-order chi connectivity index (χ1) is 2.50. The van der Waals surface area contributed by atoms with Gasteiger partial charge >= 0.3 is 17.9 Å². The van der Waals surface area contributed by atoms with E-state index < -0.39 is 0 Å². The Morgan fingerprint density at radius 2 is 2.60 bits per heavy atom. The van der Waals surface area contributed by atoms with E-state index in [1.165, 1.54) is 11.6 Å². The first-order valence-electron chi connectivity index (χ1n) is 1.30. The topological polar surface area (TPSA) is 11.3 Å². The Morgan fingerprint density at radius 3 is 2.80 bits per heavy atom. The van der Waals surface area contributed by atoms with Crippen molar-refractivity contribution in [3.05, 3.63) is 17.7 Å². The first-order valence-corrected chi connectivity index (χ1v) is 2.11. The SMILES string of the molecule is c1c[o+]sc1. The highest BCUT2D eigenvalue weighted by molar-refractivity contribution is 7.00. The van der Waals surface area contributed by atoms with Crippen molar-refractivity contribution in [3.63, 3.8) is 0 Å². The lowest BCUT2D eigenvalue weighted by Crippen LogP contribution is -1.16. The third kappa shape index (κ3) is 0.450. The molecule has 0 bridgehead atoms. The molecule has 0 spiro atoms. The monoisotopic (exact) mass is 87.0 g/mol. The average Bonchev–Trinajstić information content (AvgIpc) is 1.76. The Labute approximate surface area is 34.1 Å². The minimum Gasteiger partial charge on any atom is -0.144 e. The van der Waals surface area contributed by atoms with Crippen LogP contribution in [0.5, 0.6) is 0 Å². The summed E-state index contributed by atoms with van der Waals surface area (Å²) in [6, 6.07) is 1.85. The van der Waals surface area contributed by atoms with Crippen molar-refractivity contribution in [2.75, 3.05) is 0 Å². The molecule has 0 fully saturated rings. The molecule has 1 nitrogen and oxygen atoms in total. The molecular formula is C3H3OS+. The molecule has 0 N–H and O–H groups in total. The van der Waals surface area contributed by atoms with E-state index in [9.17, 15) is 0 Å². The van der Waals surface area contributed by atoms with Gasteiger partial charge in [0.2, 0.25) is 0 Å². The standard InChI is InChI=1S/C3H3OS/c1-2-4-5-3-1/h1-3H/q+1. The van der Waals surface area contributed by atoms with Gasteiger partial charge in [-0.1, -0.05) is 0 Å². The predicted octanol–water partition coefficient (Wildman–Crippen LogP) is 1.62. The van der Waals surface area contributed by atoms with Crippen LogP contribution < -0.4 is 0 Å². The Kier molecular flexibility index (Phi) is 0.667. The van der Waals surface area contributed by atoms with E-state index in [0.717, 1.165) is 0 Å². The smallest absolute Gasteiger partial charge is 0.144 e. The maximum absolute atomic E-state index is 4.62. The van der Waals surface area contributed by atoms with Crippen LogP contribution in [0, 0.1) is 0 Å². The Morgan fingerprint density at radius 1 is 1.60 bits per heavy atom. The molecule has 1 heterocycles. The maximum Gasteiger partial charge on any atom is 0.343 e. The highest BCUT2D eigenvalue weighted by Crippen LogP contribution is 1.91. The minimum absolute atomic E-state index is 1.34. The summed E-state index contributed by atoms with van der Waals surface area (Å²) >= 11 is 1.34. The summed E-state index contributed by atoms with van der Waals surface area (Å²) in [4.78, 5) is 0. The van der Waals surface area contributed by atoms with Gasteiger partial charge in [-0.3, -0.25) is 0 Å². The molecule has 0 saturated heterocycles. The van der Waals surface area contributed by atoms with Crippen LogP contribution >= 0.6 is 11.6 Å². The number of hydrogen-bond acceptors (Lipinski definition) is 1. The predicted molar refractivity (Wildman–Crippen MR) is 21.0 cm³/mol. The van der Waals surface area contributed by atoms with Crippen LogP contribution in [-0.2, 0) is 0 Å². The fourth-order valence-electron chi connectivity index (χ4n) is 0.160. The molecule has 0 radical (unpaired) electrons. The normalized spacial score (nSPS) is 8.00. The highest BCUT2D eigenvalue weighted by Gasteiger charge is 1.78. The largest absolute Gasteiger partial charge is 0.343 e. The van der Waals surface area contributed by atoms with Crippen LogP contribution in [0.25, 0.3) is 0 Å². The summed E-state index contributed by atoms with van der Waals surface area (Å²) in [6.45, 7) is 0. The lowest BCUT2D eigenvalue weighted by molar-refractivity contribution is 0.692. The molecule has 1 aromatic rings. The third-order valence-electron chi connectivity index (χ3n) is 0.324. The fraction of sp³-hybridized carbons (Fsp3) is 0. The molecule has 0 aliphatic heterocycles. The van der Waals surface area contributed by atoms with Crippen molar-refractivity contribution < 1.29 is 3.85 Å². The second kappa shape index (κ2) is 1.17. The van der Waals surface area contributed by atoms with E-state index in [0.29, 0.717) is 0 Å². The van der Waals surface area contributed by atoms with Gasteiger partial charge in [-0.2, -0.15) is 0 Å². The lowest BCUT2D eigenvalue weighted by Gasteiger charge is -1.22. The Bertz CT molecular complexity index is 63.4. The van der Waals surface area contributed by atoms with Crippen molar-refractivity contribution in [1.82, 2.24) is 0 Å². The van der Waals surface area contributed by atoms with Gasteiger partial charge in [0.25, 0.3) is 0 Å². The summed E-state index contributed by atoms with van der Waals surface area (Å²) in [5, 5.41) is 1.88. The quantitative estimate of drug-likeness (QED) is 0.437. The molecule has 0 saturated carbocycles. The second-order valence-corrected chi connectivity index (χ2v) is 1.31. The number of rotatable bonds is 0. The molecular weight excluding hydrogens is 84.1 g/mol. The summed E-state index contributed by atoms with van der Waals surface area (Å²) in [5.74, 6) is 0. The molecule has 5 heavy (non-hydrogen) atoms. The molecule has 0 amide bonds. The summed E-state index contributed by atoms with van der Waals surface area (Å²) < 4.78 is 4.62. The molecule has 2 heteroatoms. The summed E-state index contributed by atoms with van der Waals surface area (Å²) in [5.41, 5.74) is 0. The van der Waals surface area contributed by atoms with Crippen molar-refractivity contribution in [2.24, 2.45) is 0 Å². The van der Waals surface area contributed by atoms with E-state index in [1.54, 1.807) is 6.26 Å². The first kappa shape index (κ1) is 2.85. The van der Waals surface area contributed by atoms with Crippen LogP contribution in [0.3, 0.4) is 0 Å². The third-order valence-corrected chi connectivity index (χ3v) is 0.814. The van der Waals surface area contributed by atoms with Gasteiger partial charge in [0.1, 0.15) is 0 Å². The van der Waals surface area contributed by atoms with Crippen LogP contribution in [-0.4, -0.2) is 0 Å². The van der Waals surface area contributed by atoms with E-state index in [2.05, 4.69) is 3.85 Å². The van der Waals surface area contributed by atoms with Crippen LogP contribution in [0.1, 0.15) is 0 Å². The zero-order chi connectivity index (χ0) is 3.54. The molecule has 0 atom stereocenters. The van der Waals surface area contributed by atoms with E-state index in [-0.39, 0.29) is 0 Å². The second-order valence-electron chi connectivity index (χ2n) is 0.657. The van der Waals surface area contributed by atoms with E-state index in [4.69, 9.17) is 0 Å². The fourth-order valence-corrected chi connectivity index (χ4v) is 0.481. The van der Waals surface area contributed by atoms with Gasteiger partial charge in [0, 0.05) is 0 Å². The van der Waals surface area contributed by atoms with E-state index >= 15 is 0 Å². The average molecular weight is 87.1 g/mol. The lowest BCUT2D eigenvalue weighted by atomic mass is 10.8. The van der Waals surface area contributed by atoms with Gasteiger partial charge in [-0.05, 0) is 0 Å². The molecule has 1 rings (SSSR count). The molecule has 26 valence electrons. The molecule has 0 aliphatic rings. The van der Waals surface area contributed by atoms with Gasteiger partial charge in [0.15, 0.2) is 0 Å². The van der Waals surface area contributed by atoms with Gasteiger partial charge in [-0.15, -0.1) is 3.85 Å². The minimum atomic E-state index is 1.34. The van der Waals surface area contributed by atoms with Crippen molar-refractivity contribution in [2.45, 2.75) is 0 Å². The van der Waals surface area contributed by atoms with Crippen LogP contribution in [0.15, 0.2) is 21.6 Å². The van der Waals surface area contributed by atoms with Crippen molar-refractivity contribution >= 4 is 11.6 Å². The van der Waals surface area contributed by atoms with E-state index in [1.807, 2.05) is 11.4 Å².